The summed E-state index contributed by atoms with van der Waals surface area (Å²) in [6.45, 7) is 4.72. The molecule has 0 spiro atoms. The van der Waals surface area contributed by atoms with E-state index in [1.807, 2.05) is 0 Å². The average molecular weight is 597 g/mol. The van der Waals surface area contributed by atoms with Crippen molar-refractivity contribution in [3.63, 3.8) is 0 Å². The first-order valence-corrected chi connectivity index (χ1v) is 16.6. The number of fused-ring (bicyclic) bond motifs is 7. The van der Waals surface area contributed by atoms with Gasteiger partial charge in [0.15, 0.2) is 0 Å². The molecule has 0 saturated heterocycles. The number of benzene rings is 8. The summed E-state index contributed by atoms with van der Waals surface area (Å²) in [6.07, 6.45) is 0. The fraction of sp³-hybridized carbons (Fsp3) is 0.0638. The van der Waals surface area contributed by atoms with Crippen molar-refractivity contribution in [2.24, 2.45) is 0 Å². The Kier molecular flexibility index (Phi) is 5.44. The Hall–Kier alpha value is -5.72. The molecular weight excluding hydrogens is 565 g/mol. The molecule has 10 rings (SSSR count). The minimum atomic E-state index is -0.0425. The van der Waals surface area contributed by atoms with Gasteiger partial charge in [0.1, 0.15) is 0 Å². The summed E-state index contributed by atoms with van der Waals surface area (Å²) in [7, 11) is 0. The van der Waals surface area contributed by atoms with Crippen LogP contribution in [0.2, 0.25) is 0 Å². The molecule has 8 aromatic carbocycles. The lowest BCUT2D eigenvalue weighted by Gasteiger charge is -2.22. The Morgan fingerprint density at radius 2 is 0.894 bits per heavy atom. The predicted octanol–water partition coefficient (Wildman–Crippen LogP) is 12.9. The van der Waals surface area contributed by atoms with E-state index in [4.69, 9.17) is 0 Å². The SMILES string of the molecule is CC1(C)c2ccc(-c3ccc4cc(-c5ccc6c7c(cccc57)-c5ccccc5-6)ccc4c3)cc2-c2ccc(-c3ccccc3)cc21. The molecule has 8 aromatic rings. The number of hydrogen-bond donors (Lipinski definition) is 0. The van der Waals surface area contributed by atoms with E-state index >= 15 is 0 Å². The first-order valence-electron chi connectivity index (χ1n) is 16.6. The molecule has 0 unspecified atom stereocenters. The third-order valence-corrected chi connectivity index (χ3v) is 10.8. The van der Waals surface area contributed by atoms with Crippen molar-refractivity contribution in [1.29, 1.82) is 0 Å². The Morgan fingerprint density at radius 3 is 1.70 bits per heavy atom. The largest absolute Gasteiger partial charge is 0.0622 e. The zero-order chi connectivity index (χ0) is 31.3. The summed E-state index contributed by atoms with van der Waals surface area (Å²) in [5.74, 6) is 0. The van der Waals surface area contributed by atoms with Crippen LogP contribution >= 0.6 is 0 Å². The standard InChI is InChI=1S/C47H32/c1-47(2)44-24-20-33(27-43(44)39-21-19-34(28-45(39)47)29-9-4-3-5-10-29)31-15-16-32-26-35(18-17-30(32)25-31)36-22-23-42-38-12-7-6-11-37(38)41-14-8-13-40(36)46(41)42/h3-28H,1-2H3. The molecule has 0 heteroatoms. The molecule has 220 valence electrons. The van der Waals surface area contributed by atoms with Crippen molar-refractivity contribution in [2.75, 3.05) is 0 Å². The van der Waals surface area contributed by atoms with Gasteiger partial charge in [-0.3, -0.25) is 0 Å². The van der Waals surface area contributed by atoms with Crippen LogP contribution in [0.15, 0.2) is 158 Å². The molecule has 0 aliphatic heterocycles. The molecule has 0 atom stereocenters. The maximum Gasteiger partial charge on any atom is 0.0159 e. The Labute approximate surface area is 275 Å². The quantitative estimate of drug-likeness (QED) is 0.190. The lowest BCUT2D eigenvalue weighted by Crippen LogP contribution is -2.15. The first kappa shape index (κ1) is 26.5. The first-order chi connectivity index (χ1) is 23.0. The molecule has 0 heterocycles. The van der Waals surface area contributed by atoms with E-state index in [1.165, 1.54) is 99.4 Å². The Balaban J connectivity index is 1.03. The minimum absolute atomic E-state index is 0.0425. The van der Waals surface area contributed by atoms with Gasteiger partial charge in [0.2, 0.25) is 0 Å². The van der Waals surface area contributed by atoms with Crippen LogP contribution in [0.4, 0.5) is 0 Å². The van der Waals surface area contributed by atoms with Crippen molar-refractivity contribution in [3.8, 4) is 66.8 Å². The molecule has 0 N–H and O–H groups in total. The summed E-state index contributed by atoms with van der Waals surface area (Å²) in [4.78, 5) is 0. The van der Waals surface area contributed by atoms with Gasteiger partial charge in [0.05, 0.1) is 0 Å². The predicted molar refractivity (Wildman–Crippen MR) is 200 cm³/mol. The molecule has 2 aliphatic carbocycles. The summed E-state index contributed by atoms with van der Waals surface area (Å²) in [6, 6.07) is 58.9. The second kappa shape index (κ2) is 9.64. The second-order valence-electron chi connectivity index (χ2n) is 13.7. The third-order valence-electron chi connectivity index (χ3n) is 10.8. The van der Waals surface area contributed by atoms with Gasteiger partial charge in [-0.25, -0.2) is 0 Å². The highest BCUT2D eigenvalue weighted by atomic mass is 14.4. The summed E-state index contributed by atoms with van der Waals surface area (Å²) >= 11 is 0. The molecule has 0 amide bonds. The molecule has 0 radical (unpaired) electrons. The van der Waals surface area contributed by atoms with E-state index in [0.717, 1.165) is 0 Å². The molecule has 0 fully saturated rings. The highest BCUT2D eigenvalue weighted by Gasteiger charge is 2.35. The Bertz CT molecular complexity index is 2550. The molecule has 0 aromatic heterocycles. The number of hydrogen-bond acceptors (Lipinski definition) is 0. The maximum absolute atomic E-state index is 2.41. The van der Waals surface area contributed by atoms with Crippen LogP contribution in [-0.2, 0) is 5.41 Å². The van der Waals surface area contributed by atoms with Crippen LogP contribution in [-0.4, -0.2) is 0 Å². The average Bonchev–Trinajstić information content (AvgIpc) is 3.57. The summed E-state index contributed by atoms with van der Waals surface area (Å²) in [5, 5.41) is 5.22. The Morgan fingerprint density at radius 1 is 0.319 bits per heavy atom. The van der Waals surface area contributed by atoms with E-state index in [2.05, 4.69) is 172 Å². The van der Waals surface area contributed by atoms with Crippen LogP contribution in [0.1, 0.15) is 25.0 Å². The van der Waals surface area contributed by atoms with E-state index in [1.54, 1.807) is 0 Å². The van der Waals surface area contributed by atoms with Crippen molar-refractivity contribution in [3.05, 3.63) is 169 Å². The highest BCUT2D eigenvalue weighted by molar-refractivity contribution is 6.18. The highest BCUT2D eigenvalue weighted by Crippen LogP contribution is 2.51. The van der Waals surface area contributed by atoms with Gasteiger partial charge in [-0.05, 0) is 124 Å². The fourth-order valence-corrected chi connectivity index (χ4v) is 8.40. The van der Waals surface area contributed by atoms with Gasteiger partial charge >= 0.3 is 0 Å². The normalized spacial score (nSPS) is 13.5. The molecule has 2 aliphatic rings. The summed E-state index contributed by atoms with van der Waals surface area (Å²) < 4.78 is 0. The van der Waals surface area contributed by atoms with E-state index in [0.29, 0.717) is 0 Å². The monoisotopic (exact) mass is 596 g/mol. The molecule has 47 heavy (non-hydrogen) atoms. The topological polar surface area (TPSA) is 0 Å². The van der Waals surface area contributed by atoms with Crippen LogP contribution in [0.5, 0.6) is 0 Å². The van der Waals surface area contributed by atoms with Gasteiger partial charge in [0, 0.05) is 5.41 Å². The van der Waals surface area contributed by atoms with Crippen molar-refractivity contribution < 1.29 is 0 Å². The third kappa shape index (κ3) is 3.82. The summed E-state index contributed by atoms with van der Waals surface area (Å²) in [5.41, 5.74) is 18.5. The van der Waals surface area contributed by atoms with Crippen LogP contribution in [0, 0.1) is 0 Å². The van der Waals surface area contributed by atoms with Gasteiger partial charge in [0.25, 0.3) is 0 Å². The van der Waals surface area contributed by atoms with Crippen molar-refractivity contribution >= 4 is 21.5 Å². The van der Waals surface area contributed by atoms with E-state index < -0.39 is 0 Å². The molecular formula is C47H32. The molecule has 0 saturated carbocycles. The van der Waals surface area contributed by atoms with Crippen LogP contribution < -0.4 is 0 Å². The van der Waals surface area contributed by atoms with Crippen molar-refractivity contribution in [2.45, 2.75) is 19.3 Å². The maximum atomic E-state index is 2.41. The zero-order valence-electron chi connectivity index (χ0n) is 26.5. The lowest BCUT2D eigenvalue weighted by molar-refractivity contribution is 0.660. The van der Waals surface area contributed by atoms with Crippen LogP contribution in [0.3, 0.4) is 0 Å². The van der Waals surface area contributed by atoms with Gasteiger partial charge in [-0.15, -0.1) is 0 Å². The van der Waals surface area contributed by atoms with Gasteiger partial charge < -0.3 is 0 Å². The lowest BCUT2D eigenvalue weighted by atomic mass is 9.81. The van der Waals surface area contributed by atoms with E-state index in [-0.39, 0.29) is 5.41 Å². The van der Waals surface area contributed by atoms with Gasteiger partial charge in [-0.1, -0.05) is 147 Å². The second-order valence-corrected chi connectivity index (χ2v) is 13.7. The van der Waals surface area contributed by atoms with Gasteiger partial charge in [-0.2, -0.15) is 0 Å². The van der Waals surface area contributed by atoms with Crippen LogP contribution in [0.25, 0.3) is 88.3 Å². The van der Waals surface area contributed by atoms with E-state index in [9.17, 15) is 0 Å². The zero-order valence-corrected chi connectivity index (χ0v) is 26.5. The number of rotatable bonds is 3. The minimum Gasteiger partial charge on any atom is -0.0622 e. The fourth-order valence-electron chi connectivity index (χ4n) is 8.40. The molecule has 0 nitrogen and oxygen atoms in total. The molecule has 0 bridgehead atoms. The smallest absolute Gasteiger partial charge is 0.0159 e. The van der Waals surface area contributed by atoms with Crippen molar-refractivity contribution in [1.82, 2.24) is 0 Å².